The van der Waals surface area contributed by atoms with Gasteiger partial charge in [0.05, 0.1) is 5.75 Å². The van der Waals surface area contributed by atoms with Crippen LogP contribution in [-0.4, -0.2) is 21.4 Å². The summed E-state index contributed by atoms with van der Waals surface area (Å²) in [6, 6.07) is 0.0979. The molecule has 0 aromatic carbocycles. The lowest BCUT2D eigenvalue weighted by molar-refractivity contribution is 0.350. The summed E-state index contributed by atoms with van der Waals surface area (Å²) in [6.45, 7) is 4.22. The van der Waals surface area contributed by atoms with Crippen LogP contribution in [0, 0.1) is 5.92 Å². The predicted molar refractivity (Wildman–Crippen MR) is 74.4 cm³/mol. The minimum atomic E-state index is 0.0979. The lowest BCUT2D eigenvalue weighted by Crippen LogP contribution is -2.28. The number of rotatable bonds is 6. The van der Waals surface area contributed by atoms with Gasteiger partial charge in [-0.1, -0.05) is 31.8 Å². The third-order valence-corrected chi connectivity index (χ3v) is 4.89. The Hall–Kier alpha value is -0.550. The largest absolute Gasteiger partial charge is 0.339 e. The van der Waals surface area contributed by atoms with E-state index >= 15 is 0 Å². The van der Waals surface area contributed by atoms with Crippen molar-refractivity contribution in [2.45, 2.75) is 63.0 Å². The van der Waals surface area contributed by atoms with E-state index in [0.29, 0.717) is 18.2 Å². The van der Waals surface area contributed by atoms with Crippen LogP contribution >= 0.6 is 11.8 Å². The highest BCUT2D eigenvalue weighted by molar-refractivity contribution is 7.99. The van der Waals surface area contributed by atoms with Gasteiger partial charge in [-0.15, -0.1) is 0 Å². The fraction of sp³-hybridized carbons (Fsp3) is 0.846. The first kappa shape index (κ1) is 13.9. The van der Waals surface area contributed by atoms with Gasteiger partial charge in [0.1, 0.15) is 0 Å². The number of nitrogens with two attached hydrogens (primary N) is 1. The molecular formula is C13H23N3OS. The monoisotopic (exact) mass is 269 g/mol. The van der Waals surface area contributed by atoms with E-state index < -0.39 is 0 Å². The smallest absolute Gasteiger partial charge is 0.228 e. The van der Waals surface area contributed by atoms with E-state index in [1.54, 1.807) is 0 Å². The molecule has 1 atom stereocenters. The predicted octanol–water partition coefficient (Wildman–Crippen LogP) is 2.77. The van der Waals surface area contributed by atoms with Gasteiger partial charge in [-0.2, -0.15) is 16.7 Å². The third kappa shape index (κ3) is 3.99. The molecule has 0 spiro atoms. The van der Waals surface area contributed by atoms with Gasteiger partial charge in [0.25, 0.3) is 0 Å². The average molecular weight is 269 g/mol. The highest BCUT2D eigenvalue weighted by atomic mass is 32.2. The molecule has 102 valence electrons. The second-order valence-corrected chi connectivity index (χ2v) is 6.72. The van der Waals surface area contributed by atoms with E-state index in [0.717, 1.165) is 16.8 Å². The summed E-state index contributed by atoms with van der Waals surface area (Å²) in [5.41, 5.74) is 6.00. The van der Waals surface area contributed by atoms with E-state index in [1.807, 2.05) is 11.8 Å². The van der Waals surface area contributed by atoms with E-state index in [-0.39, 0.29) is 6.04 Å². The van der Waals surface area contributed by atoms with Gasteiger partial charge in [-0.05, 0) is 18.8 Å². The minimum absolute atomic E-state index is 0.0979. The van der Waals surface area contributed by atoms with Gasteiger partial charge in [-0.3, -0.25) is 0 Å². The molecule has 18 heavy (non-hydrogen) atoms. The van der Waals surface area contributed by atoms with Crippen LogP contribution in [0.3, 0.4) is 0 Å². The van der Waals surface area contributed by atoms with Gasteiger partial charge in [0.15, 0.2) is 5.82 Å². The molecule has 2 rings (SSSR count). The molecule has 4 nitrogen and oxygen atoms in total. The quantitative estimate of drug-likeness (QED) is 0.860. The van der Waals surface area contributed by atoms with Crippen LogP contribution in [0.2, 0.25) is 0 Å². The maximum atomic E-state index is 6.00. The topological polar surface area (TPSA) is 64.9 Å². The Morgan fingerprint density at radius 2 is 2.11 bits per heavy atom. The number of aromatic nitrogens is 2. The summed E-state index contributed by atoms with van der Waals surface area (Å²) in [5.74, 6) is 2.80. The molecule has 1 unspecified atom stereocenters. The first-order valence-corrected chi connectivity index (χ1v) is 7.88. The third-order valence-electron chi connectivity index (χ3n) is 3.53. The van der Waals surface area contributed by atoms with Crippen LogP contribution in [0.5, 0.6) is 0 Å². The standard InChI is InChI=1S/C13H23N3OS/c1-9(2)11(14)7-13-15-12(16-17-13)8-18-10-5-3-4-6-10/h9-11H,3-8,14H2,1-2H3. The normalized spacial score (nSPS) is 18.7. The van der Waals surface area contributed by atoms with Crippen LogP contribution in [0.15, 0.2) is 4.52 Å². The van der Waals surface area contributed by atoms with Crippen molar-refractivity contribution in [1.29, 1.82) is 0 Å². The van der Waals surface area contributed by atoms with Crippen LogP contribution in [-0.2, 0) is 12.2 Å². The fourth-order valence-electron chi connectivity index (χ4n) is 2.12. The average Bonchev–Trinajstić information content (AvgIpc) is 2.96. The van der Waals surface area contributed by atoms with Crippen molar-refractivity contribution in [3.05, 3.63) is 11.7 Å². The van der Waals surface area contributed by atoms with E-state index in [9.17, 15) is 0 Å². The first-order chi connectivity index (χ1) is 8.65. The Labute approximate surface area is 113 Å². The van der Waals surface area contributed by atoms with Crippen molar-refractivity contribution in [2.75, 3.05) is 0 Å². The molecule has 1 aromatic heterocycles. The molecule has 0 amide bonds. The maximum absolute atomic E-state index is 6.00. The summed E-state index contributed by atoms with van der Waals surface area (Å²) in [6.07, 6.45) is 6.11. The van der Waals surface area contributed by atoms with Gasteiger partial charge < -0.3 is 10.3 Å². The Bertz CT molecular complexity index is 361. The Balaban J connectivity index is 1.78. The summed E-state index contributed by atoms with van der Waals surface area (Å²) >= 11 is 1.96. The fourth-order valence-corrected chi connectivity index (χ4v) is 3.29. The Morgan fingerprint density at radius 1 is 1.39 bits per heavy atom. The number of thioether (sulfide) groups is 1. The molecule has 2 N–H and O–H groups in total. The second kappa shape index (κ2) is 6.57. The molecule has 1 aromatic rings. The summed E-state index contributed by atoms with van der Waals surface area (Å²) in [5, 5.41) is 4.82. The Morgan fingerprint density at radius 3 is 2.78 bits per heavy atom. The number of nitrogens with zero attached hydrogens (tertiary/aromatic N) is 2. The van der Waals surface area contributed by atoms with E-state index in [2.05, 4.69) is 24.0 Å². The lowest BCUT2D eigenvalue weighted by Gasteiger charge is -2.11. The highest BCUT2D eigenvalue weighted by Crippen LogP contribution is 2.30. The van der Waals surface area contributed by atoms with Crippen molar-refractivity contribution in [3.8, 4) is 0 Å². The number of hydrogen-bond donors (Lipinski definition) is 1. The first-order valence-electron chi connectivity index (χ1n) is 6.84. The highest BCUT2D eigenvalue weighted by Gasteiger charge is 2.18. The van der Waals surface area contributed by atoms with E-state index in [4.69, 9.17) is 10.3 Å². The van der Waals surface area contributed by atoms with Crippen LogP contribution in [0.4, 0.5) is 0 Å². The van der Waals surface area contributed by atoms with Gasteiger partial charge in [-0.25, -0.2) is 0 Å². The molecule has 1 aliphatic carbocycles. The maximum Gasteiger partial charge on any atom is 0.228 e. The van der Waals surface area contributed by atoms with Crippen LogP contribution in [0.1, 0.15) is 51.2 Å². The zero-order valence-electron chi connectivity index (χ0n) is 11.3. The molecular weight excluding hydrogens is 246 g/mol. The van der Waals surface area contributed by atoms with Gasteiger partial charge in [0.2, 0.25) is 5.89 Å². The molecule has 1 fully saturated rings. The number of hydrogen-bond acceptors (Lipinski definition) is 5. The van der Waals surface area contributed by atoms with Gasteiger partial charge >= 0.3 is 0 Å². The zero-order valence-corrected chi connectivity index (χ0v) is 12.1. The van der Waals surface area contributed by atoms with Crippen molar-refractivity contribution in [2.24, 2.45) is 11.7 Å². The van der Waals surface area contributed by atoms with Crippen molar-refractivity contribution >= 4 is 11.8 Å². The molecule has 1 heterocycles. The minimum Gasteiger partial charge on any atom is -0.339 e. The van der Waals surface area contributed by atoms with Crippen LogP contribution in [0.25, 0.3) is 0 Å². The summed E-state index contributed by atoms with van der Waals surface area (Å²) in [4.78, 5) is 4.41. The van der Waals surface area contributed by atoms with Crippen molar-refractivity contribution < 1.29 is 4.52 Å². The van der Waals surface area contributed by atoms with Crippen LogP contribution < -0.4 is 5.73 Å². The molecule has 0 aliphatic heterocycles. The molecule has 0 radical (unpaired) electrons. The molecule has 1 aliphatic rings. The van der Waals surface area contributed by atoms with Crippen molar-refractivity contribution in [1.82, 2.24) is 10.1 Å². The molecule has 5 heteroatoms. The zero-order chi connectivity index (χ0) is 13.0. The Kier molecular flexibility index (Phi) is 5.06. The summed E-state index contributed by atoms with van der Waals surface area (Å²) < 4.78 is 5.25. The van der Waals surface area contributed by atoms with E-state index in [1.165, 1.54) is 25.7 Å². The molecule has 1 saturated carbocycles. The molecule has 0 saturated heterocycles. The SMILES string of the molecule is CC(C)C(N)Cc1nc(CSC2CCCC2)no1. The van der Waals surface area contributed by atoms with Crippen molar-refractivity contribution in [3.63, 3.8) is 0 Å². The lowest BCUT2D eigenvalue weighted by atomic mass is 10.0. The summed E-state index contributed by atoms with van der Waals surface area (Å²) in [7, 11) is 0. The van der Waals surface area contributed by atoms with Gasteiger partial charge in [0, 0.05) is 17.7 Å². The molecule has 0 bridgehead atoms. The second-order valence-electron chi connectivity index (χ2n) is 5.43.